The van der Waals surface area contributed by atoms with E-state index in [0.717, 1.165) is 63.0 Å². The van der Waals surface area contributed by atoms with Gasteiger partial charge in [-0.05, 0) is 57.7 Å². The SMILES string of the molecule is CCc1[nH]nc(C(=O)N(C)[C@H]2CCCN(CCCc3ccccc3)C2)c1C. The molecule has 1 saturated heterocycles. The molecular weight excluding hydrogens is 336 g/mol. The first-order chi connectivity index (χ1) is 13.1. The highest BCUT2D eigenvalue weighted by atomic mass is 16.2. The molecule has 1 aliphatic rings. The standard InChI is InChI=1S/C22H32N4O/c1-4-20-17(2)21(24-23-20)22(27)25(3)19-13-9-15-26(16-19)14-8-12-18-10-6-5-7-11-18/h5-7,10-11,19H,4,8-9,12-16H2,1-3H3,(H,23,24)/t19-/m0/s1. The maximum absolute atomic E-state index is 12.9. The number of aromatic amines is 1. The van der Waals surface area contributed by atoms with E-state index in [1.165, 1.54) is 5.56 Å². The Kier molecular flexibility index (Phi) is 6.67. The third-order valence-electron chi connectivity index (χ3n) is 5.80. The molecule has 0 saturated carbocycles. The van der Waals surface area contributed by atoms with Gasteiger partial charge in [-0.1, -0.05) is 37.3 Å². The van der Waals surface area contributed by atoms with E-state index in [9.17, 15) is 4.79 Å². The average Bonchev–Trinajstić information content (AvgIpc) is 3.08. The van der Waals surface area contributed by atoms with Gasteiger partial charge in [-0.2, -0.15) is 5.10 Å². The van der Waals surface area contributed by atoms with Crippen LogP contribution in [0.1, 0.15) is 53.5 Å². The first-order valence-corrected chi connectivity index (χ1v) is 10.2. The Morgan fingerprint density at radius 2 is 2.11 bits per heavy atom. The Morgan fingerprint density at radius 3 is 2.81 bits per heavy atom. The van der Waals surface area contributed by atoms with Crippen LogP contribution in [0.3, 0.4) is 0 Å². The number of H-pyrrole nitrogens is 1. The molecule has 1 aromatic heterocycles. The van der Waals surface area contributed by atoms with Gasteiger partial charge in [-0.3, -0.25) is 9.89 Å². The summed E-state index contributed by atoms with van der Waals surface area (Å²) in [6.45, 7) is 7.25. The van der Waals surface area contributed by atoms with Crippen molar-refractivity contribution in [2.45, 2.75) is 52.0 Å². The van der Waals surface area contributed by atoms with Crippen molar-refractivity contribution in [3.05, 3.63) is 52.8 Å². The third-order valence-corrected chi connectivity index (χ3v) is 5.80. The number of rotatable bonds is 7. The van der Waals surface area contributed by atoms with E-state index in [1.54, 1.807) is 0 Å². The van der Waals surface area contributed by atoms with Crippen LogP contribution in [0.5, 0.6) is 0 Å². The van der Waals surface area contributed by atoms with Crippen LogP contribution in [0.2, 0.25) is 0 Å². The topological polar surface area (TPSA) is 52.2 Å². The zero-order valence-corrected chi connectivity index (χ0v) is 16.9. The maximum atomic E-state index is 12.9. The van der Waals surface area contributed by atoms with Crippen LogP contribution in [0.15, 0.2) is 30.3 Å². The highest BCUT2D eigenvalue weighted by molar-refractivity contribution is 5.94. The Labute approximate surface area is 162 Å². The molecule has 5 nitrogen and oxygen atoms in total. The van der Waals surface area contributed by atoms with E-state index in [4.69, 9.17) is 0 Å². The summed E-state index contributed by atoms with van der Waals surface area (Å²) in [6, 6.07) is 10.9. The fourth-order valence-electron chi connectivity index (χ4n) is 4.02. The number of aromatic nitrogens is 2. The normalized spacial score (nSPS) is 17.8. The minimum atomic E-state index is 0.0413. The van der Waals surface area contributed by atoms with Crippen LogP contribution in [-0.4, -0.2) is 58.6 Å². The lowest BCUT2D eigenvalue weighted by atomic mass is 10.0. The van der Waals surface area contributed by atoms with Crippen LogP contribution in [0.4, 0.5) is 0 Å². The molecule has 1 N–H and O–H groups in total. The number of piperidine rings is 1. The number of aryl methyl sites for hydroxylation is 2. The molecule has 1 amide bonds. The summed E-state index contributed by atoms with van der Waals surface area (Å²) in [5.74, 6) is 0.0413. The predicted molar refractivity (Wildman–Crippen MR) is 109 cm³/mol. The molecule has 1 aromatic carbocycles. The summed E-state index contributed by atoms with van der Waals surface area (Å²) in [5, 5.41) is 7.28. The number of benzene rings is 1. The first kappa shape index (κ1) is 19.6. The van der Waals surface area contributed by atoms with Gasteiger partial charge in [0.2, 0.25) is 0 Å². The van der Waals surface area contributed by atoms with Gasteiger partial charge in [-0.15, -0.1) is 0 Å². The monoisotopic (exact) mass is 368 g/mol. The van der Waals surface area contributed by atoms with Gasteiger partial charge in [0.05, 0.1) is 0 Å². The fraction of sp³-hybridized carbons (Fsp3) is 0.545. The predicted octanol–water partition coefficient (Wildman–Crippen LogP) is 3.45. The molecule has 0 unspecified atom stereocenters. The lowest BCUT2D eigenvalue weighted by molar-refractivity contribution is 0.0610. The molecule has 0 radical (unpaired) electrons. The van der Waals surface area contributed by atoms with Crippen molar-refractivity contribution in [3.63, 3.8) is 0 Å². The summed E-state index contributed by atoms with van der Waals surface area (Å²) in [6.07, 6.45) is 5.36. The third kappa shape index (κ3) is 4.78. The number of carbonyl (C=O) groups is 1. The number of nitrogens with one attached hydrogen (secondary N) is 1. The Bertz CT molecular complexity index is 740. The zero-order chi connectivity index (χ0) is 19.2. The fourth-order valence-corrected chi connectivity index (χ4v) is 4.02. The van der Waals surface area contributed by atoms with E-state index in [-0.39, 0.29) is 11.9 Å². The Hall–Kier alpha value is -2.14. The molecule has 27 heavy (non-hydrogen) atoms. The van der Waals surface area contributed by atoms with Crippen molar-refractivity contribution < 1.29 is 4.79 Å². The highest BCUT2D eigenvalue weighted by Crippen LogP contribution is 2.19. The molecule has 0 bridgehead atoms. The molecule has 1 aliphatic heterocycles. The molecule has 0 spiro atoms. The number of amides is 1. The minimum Gasteiger partial charge on any atom is -0.336 e. The van der Waals surface area contributed by atoms with Crippen LogP contribution in [-0.2, 0) is 12.8 Å². The molecule has 0 aliphatic carbocycles. The second kappa shape index (κ2) is 9.18. The van der Waals surface area contributed by atoms with Gasteiger partial charge in [0.15, 0.2) is 5.69 Å². The maximum Gasteiger partial charge on any atom is 0.274 e. The molecule has 5 heteroatoms. The van der Waals surface area contributed by atoms with Crippen LogP contribution in [0.25, 0.3) is 0 Å². The zero-order valence-electron chi connectivity index (χ0n) is 16.9. The van der Waals surface area contributed by atoms with Crippen molar-refractivity contribution in [1.82, 2.24) is 20.0 Å². The second-order valence-electron chi connectivity index (χ2n) is 7.63. The summed E-state index contributed by atoms with van der Waals surface area (Å²) in [5.41, 5.74) is 4.03. The smallest absolute Gasteiger partial charge is 0.274 e. The molecule has 3 rings (SSSR count). The molecule has 2 heterocycles. The minimum absolute atomic E-state index is 0.0413. The summed E-state index contributed by atoms with van der Waals surface area (Å²) in [4.78, 5) is 17.3. The first-order valence-electron chi connectivity index (χ1n) is 10.2. The highest BCUT2D eigenvalue weighted by Gasteiger charge is 2.28. The van der Waals surface area contributed by atoms with Gasteiger partial charge in [-0.25, -0.2) is 0 Å². The number of hydrogen-bond donors (Lipinski definition) is 1. The van der Waals surface area contributed by atoms with Crippen molar-refractivity contribution in [3.8, 4) is 0 Å². The average molecular weight is 369 g/mol. The van der Waals surface area contributed by atoms with Gasteiger partial charge in [0.25, 0.3) is 5.91 Å². The Morgan fingerprint density at radius 1 is 1.33 bits per heavy atom. The molecule has 146 valence electrons. The summed E-state index contributed by atoms with van der Waals surface area (Å²) >= 11 is 0. The summed E-state index contributed by atoms with van der Waals surface area (Å²) in [7, 11) is 1.93. The van der Waals surface area contributed by atoms with Crippen LogP contribution in [0, 0.1) is 6.92 Å². The van der Waals surface area contributed by atoms with Crippen LogP contribution < -0.4 is 0 Å². The van der Waals surface area contributed by atoms with E-state index >= 15 is 0 Å². The van der Waals surface area contributed by atoms with Gasteiger partial charge in [0, 0.05) is 30.9 Å². The van der Waals surface area contributed by atoms with Crippen molar-refractivity contribution in [2.24, 2.45) is 0 Å². The van der Waals surface area contributed by atoms with E-state index in [0.29, 0.717) is 5.69 Å². The Balaban J connectivity index is 1.53. The number of hydrogen-bond acceptors (Lipinski definition) is 3. The molecule has 2 aromatic rings. The largest absolute Gasteiger partial charge is 0.336 e. The van der Waals surface area contributed by atoms with E-state index in [2.05, 4.69) is 52.4 Å². The van der Waals surface area contributed by atoms with Gasteiger partial charge in [0.1, 0.15) is 0 Å². The number of likely N-dealkylation sites (N-methyl/N-ethyl adjacent to an activating group) is 1. The quantitative estimate of drug-likeness (QED) is 0.814. The van der Waals surface area contributed by atoms with E-state index in [1.807, 2.05) is 18.9 Å². The van der Waals surface area contributed by atoms with E-state index < -0.39 is 0 Å². The van der Waals surface area contributed by atoms with Crippen molar-refractivity contribution >= 4 is 5.91 Å². The summed E-state index contributed by atoms with van der Waals surface area (Å²) < 4.78 is 0. The molecule has 1 fully saturated rings. The second-order valence-corrected chi connectivity index (χ2v) is 7.63. The van der Waals surface area contributed by atoms with Gasteiger partial charge < -0.3 is 9.80 Å². The van der Waals surface area contributed by atoms with Crippen molar-refractivity contribution in [2.75, 3.05) is 26.7 Å². The van der Waals surface area contributed by atoms with Crippen molar-refractivity contribution in [1.29, 1.82) is 0 Å². The lowest BCUT2D eigenvalue weighted by Gasteiger charge is -2.37. The molecular formula is C22H32N4O. The van der Waals surface area contributed by atoms with Gasteiger partial charge >= 0.3 is 0 Å². The lowest BCUT2D eigenvalue weighted by Crippen LogP contribution is -2.49. The number of carbonyl (C=O) groups excluding carboxylic acids is 1. The number of nitrogens with zero attached hydrogens (tertiary/aromatic N) is 3. The van der Waals surface area contributed by atoms with Crippen LogP contribution >= 0.6 is 0 Å². The molecule has 1 atom stereocenters. The number of likely N-dealkylation sites (tertiary alicyclic amines) is 1.